The van der Waals surface area contributed by atoms with Crippen LogP contribution in [-0.4, -0.2) is 23.0 Å². The van der Waals surface area contributed by atoms with Crippen molar-refractivity contribution in [2.45, 2.75) is 20.5 Å². The van der Waals surface area contributed by atoms with E-state index in [1.807, 2.05) is 32.0 Å². The first-order chi connectivity index (χ1) is 18.3. The third-order valence-electron chi connectivity index (χ3n) is 6.61. The number of hydrogen-bond donors (Lipinski definition) is 2. The maximum Gasteiger partial charge on any atom is 0.283 e. The molecule has 8 heteroatoms. The van der Waals surface area contributed by atoms with E-state index in [0.29, 0.717) is 28.8 Å². The Morgan fingerprint density at radius 2 is 1.76 bits per heavy atom. The summed E-state index contributed by atoms with van der Waals surface area (Å²) in [5.74, 6) is -1.34. The van der Waals surface area contributed by atoms with Crippen molar-refractivity contribution in [2.75, 3.05) is 10.3 Å². The molecule has 1 heterocycles. The van der Waals surface area contributed by atoms with E-state index in [2.05, 4.69) is 10.5 Å². The van der Waals surface area contributed by atoms with Crippen LogP contribution >= 0.6 is 0 Å². The Morgan fingerprint density at radius 3 is 2.50 bits per heavy atom. The predicted molar refractivity (Wildman–Crippen MR) is 143 cm³/mol. The van der Waals surface area contributed by atoms with Crippen LogP contribution in [0.3, 0.4) is 0 Å². The summed E-state index contributed by atoms with van der Waals surface area (Å²) < 4.78 is 28.0. The van der Waals surface area contributed by atoms with Gasteiger partial charge in [0.1, 0.15) is 24.5 Å². The van der Waals surface area contributed by atoms with Crippen molar-refractivity contribution in [3.8, 4) is 16.9 Å². The third-order valence-corrected chi connectivity index (χ3v) is 6.61. The minimum absolute atomic E-state index is 0.0466. The summed E-state index contributed by atoms with van der Waals surface area (Å²) in [6.45, 7) is 3.23. The van der Waals surface area contributed by atoms with Crippen molar-refractivity contribution in [3.63, 3.8) is 0 Å². The van der Waals surface area contributed by atoms with Gasteiger partial charge in [0.25, 0.3) is 5.91 Å². The summed E-state index contributed by atoms with van der Waals surface area (Å²) in [5.41, 5.74) is 7.49. The highest BCUT2D eigenvalue weighted by molar-refractivity contribution is 6.55. The SMILES string of the molecule is Cc1ccc(N2C(=O)/C(=N\Nc3cccc(-c4cc(C=O)ccc4F)c3O)c3ccc(CF)cc32)cc1C. The summed E-state index contributed by atoms with van der Waals surface area (Å²) in [5, 5.41) is 15.2. The van der Waals surface area contributed by atoms with Gasteiger partial charge in [0, 0.05) is 27.9 Å². The molecule has 0 atom stereocenters. The van der Waals surface area contributed by atoms with Crippen LogP contribution in [0.15, 0.2) is 77.9 Å². The number of hydrazone groups is 1. The first kappa shape index (κ1) is 24.8. The Hall–Kier alpha value is -4.85. The van der Waals surface area contributed by atoms with Crippen molar-refractivity contribution in [2.24, 2.45) is 5.10 Å². The number of halogens is 2. The molecule has 0 radical (unpaired) electrons. The van der Waals surface area contributed by atoms with Gasteiger partial charge in [-0.15, -0.1) is 0 Å². The molecule has 6 nitrogen and oxygen atoms in total. The number of carbonyl (C=O) groups excluding carboxylic acids is 2. The van der Waals surface area contributed by atoms with Crippen LogP contribution in [0.2, 0.25) is 0 Å². The van der Waals surface area contributed by atoms with E-state index in [4.69, 9.17) is 0 Å². The lowest BCUT2D eigenvalue weighted by molar-refractivity contribution is -0.111. The molecule has 0 spiro atoms. The molecular formula is C30H23F2N3O3. The number of phenols is 1. The van der Waals surface area contributed by atoms with Crippen molar-refractivity contribution in [3.05, 3.63) is 106 Å². The van der Waals surface area contributed by atoms with Crippen LogP contribution < -0.4 is 10.3 Å². The topological polar surface area (TPSA) is 82.0 Å². The monoisotopic (exact) mass is 511 g/mol. The third kappa shape index (κ3) is 4.30. The van der Waals surface area contributed by atoms with Crippen LogP contribution in [0.4, 0.5) is 25.8 Å². The van der Waals surface area contributed by atoms with Crippen molar-refractivity contribution in [1.29, 1.82) is 0 Å². The lowest BCUT2D eigenvalue weighted by Crippen LogP contribution is -2.26. The molecule has 4 aromatic carbocycles. The Labute approximate surface area is 217 Å². The minimum Gasteiger partial charge on any atom is -0.505 e. The molecule has 0 unspecified atom stereocenters. The maximum absolute atomic E-state index is 14.5. The zero-order valence-electron chi connectivity index (χ0n) is 20.6. The van der Waals surface area contributed by atoms with Crippen molar-refractivity contribution in [1.82, 2.24) is 0 Å². The van der Waals surface area contributed by atoms with Gasteiger partial charge in [-0.3, -0.25) is 19.9 Å². The van der Waals surface area contributed by atoms with Gasteiger partial charge < -0.3 is 5.11 Å². The number of aromatic hydroxyl groups is 1. The Kier molecular flexibility index (Phi) is 6.46. The number of aryl methyl sites for hydroxylation is 2. The van der Waals surface area contributed by atoms with E-state index >= 15 is 0 Å². The molecule has 0 saturated heterocycles. The van der Waals surface area contributed by atoms with Crippen molar-refractivity contribution < 1.29 is 23.5 Å². The smallest absolute Gasteiger partial charge is 0.283 e. The number of amides is 1. The van der Waals surface area contributed by atoms with Gasteiger partial charge in [-0.2, -0.15) is 5.10 Å². The quantitative estimate of drug-likeness (QED) is 0.174. The molecule has 4 aromatic rings. The molecule has 1 aliphatic rings. The van der Waals surface area contributed by atoms with Gasteiger partial charge in [-0.1, -0.05) is 30.3 Å². The first-order valence-corrected chi connectivity index (χ1v) is 11.8. The van der Waals surface area contributed by atoms with Crippen LogP contribution in [0, 0.1) is 19.7 Å². The Bertz CT molecular complexity index is 1630. The Balaban J connectivity index is 1.55. The highest BCUT2D eigenvalue weighted by Crippen LogP contribution is 2.39. The lowest BCUT2D eigenvalue weighted by Gasteiger charge is -2.18. The number of para-hydroxylation sites is 1. The molecule has 0 bridgehead atoms. The van der Waals surface area contributed by atoms with Gasteiger partial charge in [0.05, 0.1) is 11.4 Å². The number of hydrogen-bond acceptors (Lipinski definition) is 5. The molecule has 0 aromatic heterocycles. The van der Waals surface area contributed by atoms with Gasteiger partial charge in [0.15, 0.2) is 5.71 Å². The van der Waals surface area contributed by atoms with Crippen LogP contribution in [-0.2, 0) is 11.5 Å². The zero-order chi connectivity index (χ0) is 27.0. The number of benzene rings is 4. The van der Waals surface area contributed by atoms with Crippen molar-refractivity contribution >= 4 is 35.0 Å². The summed E-state index contributed by atoms with van der Waals surface area (Å²) in [6, 6.07) is 18.9. The molecule has 38 heavy (non-hydrogen) atoms. The lowest BCUT2D eigenvalue weighted by atomic mass is 10.0. The number of nitrogens with one attached hydrogen (secondary N) is 1. The molecule has 0 saturated carbocycles. The summed E-state index contributed by atoms with van der Waals surface area (Å²) >= 11 is 0. The largest absolute Gasteiger partial charge is 0.505 e. The number of rotatable bonds is 6. The fourth-order valence-corrected chi connectivity index (χ4v) is 4.39. The van der Waals surface area contributed by atoms with E-state index in [1.54, 1.807) is 24.3 Å². The molecule has 190 valence electrons. The normalized spacial score (nSPS) is 13.6. The van der Waals surface area contributed by atoms with Crippen LogP contribution in [0.5, 0.6) is 5.75 Å². The van der Waals surface area contributed by atoms with E-state index in [1.165, 1.54) is 29.2 Å². The average Bonchev–Trinajstić information content (AvgIpc) is 3.20. The molecule has 2 N–H and O–H groups in total. The first-order valence-electron chi connectivity index (χ1n) is 11.8. The number of carbonyl (C=O) groups is 2. The Morgan fingerprint density at radius 1 is 0.947 bits per heavy atom. The number of aldehydes is 1. The van der Waals surface area contributed by atoms with Crippen LogP contribution in [0.25, 0.3) is 11.1 Å². The van der Waals surface area contributed by atoms with E-state index < -0.39 is 18.4 Å². The average molecular weight is 512 g/mol. The van der Waals surface area contributed by atoms with Gasteiger partial charge in [0.2, 0.25) is 0 Å². The second-order valence-corrected chi connectivity index (χ2v) is 9.03. The summed E-state index contributed by atoms with van der Waals surface area (Å²) in [4.78, 5) is 26.2. The van der Waals surface area contributed by atoms with E-state index in [0.717, 1.165) is 17.2 Å². The van der Waals surface area contributed by atoms with Crippen LogP contribution in [0.1, 0.15) is 32.6 Å². The second kappa shape index (κ2) is 9.89. The fraction of sp³-hybridized carbons (Fsp3) is 0.100. The van der Waals surface area contributed by atoms with Gasteiger partial charge >= 0.3 is 0 Å². The molecule has 1 amide bonds. The van der Waals surface area contributed by atoms with Gasteiger partial charge in [-0.05, 0) is 73.0 Å². The zero-order valence-corrected chi connectivity index (χ0v) is 20.6. The molecular weight excluding hydrogens is 488 g/mol. The standard InChI is InChI=1S/C30H23F2N3O3/c1-17-6-9-21(12-18(17)2)35-27-14-19(15-31)7-10-23(27)28(30(35)38)34-33-26-5-3-4-22(29(26)37)24-13-20(16-36)8-11-25(24)32/h3-14,16,33,37H,15H2,1-2H3/b34-28-. The molecule has 0 fully saturated rings. The second-order valence-electron chi connectivity index (χ2n) is 9.03. The molecule has 1 aliphatic heterocycles. The maximum atomic E-state index is 14.5. The van der Waals surface area contributed by atoms with Gasteiger partial charge in [-0.25, -0.2) is 8.78 Å². The molecule has 0 aliphatic carbocycles. The summed E-state index contributed by atoms with van der Waals surface area (Å²) in [6.07, 6.45) is 0.590. The van der Waals surface area contributed by atoms with E-state index in [9.17, 15) is 23.5 Å². The number of phenolic OH excluding ortho intramolecular Hbond substituents is 1. The summed E-state index contributed by atoms with van der Waals surface area (Å²) in [7, 11) is 0. The highest BCUT2D eigenvalue weighted by atomic mass is 19.1. The predicted octanol–water partition coefficient (Wildman–Crippen LogP) is 6.59. The number of fused-ring (bicyclic) bond motifs is 1. The van der Waals surface area contributed by atoms with E-state index in [-0.39, 0.29) is 33.8 Å². The number of alkyl halides is 1. The number of anilines is 3. The highest BCUT2D eigenvalue weighted by Gasteiger charge is 2.35. The minimum atomic E-state index is -0.685. The molecule has 5 rings (SSSR count). The number of nitrogens with zero attached hydrogens (tertiary/aromatic N) is 2. The fourth-order valence-electron chi connectivity index (χ4n) is 4.39.